The summed E-state index contributed by atoms with van der Waals surface area (Å²) < 4.78 is 18.7. The largest absolute Gasteiger partial charge is 0.497 e. The lowest BCUT2D eigenvalue weighted by atomic mass is 9.99. The second-order valence-electron chi connectivity index (χ2n) is 4.20. The number of aliphatic hydroxyl groups excluding tert-OH is 1. The van der Waals surface area contributed by atoms with Crippen molar-refractivity contribution in [2.45, 2.75) is 13.0 Å². The molecular formula is C15H15FO2. The molecule has 2 aromatic carbocycles. The van der Waals surface area contributed by atoms with Crippen LogP contribution in [0.5, 0.6) is 5.75 Å². The first-order valence-electron chi connectivity index (χ1n) is 5.70. The molecule has 18 heavy (non-hydrogen) atoms. The highest BCUT2D eigenvalue weighted by Gasteiger charge is 2.15. The van der Waals surface area contributed by atoms with Gasteiger partial charge < -0.3 is 9.84 Å². The molecule has 0 heterocycles. The van der Waals surface area contributed by atoms with Crippen LogP contribution in [0.25, 0.3) is 0 Å². The molecular weight excluding hydrogens is 231 g/mol. The summed E-state index contributed by atoms with van der Waals surface area (Å²) in [5.74, 6) is 0.305. The maximum atomic E-state index is 13.7. The standard InChI is InChI=1S/C15H15FO2/c1-10-3-8-14(16)13(9-10)15(17)11-4-6-12(18-2)7-5-11/h3-9,15,17H,1-2H3. The van der Waals surface area contributed by atoms with Gasteiger partial charge in [-0.2, -0.15) is 0 Å². The van der Waals surface area contributed by atoms with E-state index in [4.69, 9.17) is 4.74 Å². The molecule has 0 aromatic heterocycles. The van der Waals surface area contributed by atoms with Crippen LogP contribution in [0.3, 0.4) is 0 Å². The first kappa shape index (κ1) is 12.6. The average Bonchev–Trinajstić information content (AvgIpc) is 2.41. The van der Waals surface area contributed by atoms with E-state index in [1.165, 1.54) is 6.07 Å². The molecule has 0 spiro atoms. The van der Waals surface area contributed by atoms with Gasteiger partial charge in [0, 0.05) is 5.56 Å². The van der Waals surface area contributed by atoms with E-state index >= 15 is 0 Å². The van der Waals surface area contributed by atoms with E-state index in [-0.39, 0.29) is 0 Å². The maximum Gasteiger partial charge on any atom is 0.129 e. The fraction of sp³-hybridized carbons (Fsp3) is 0.200. The summed E-state index contributed by atoms with van der Waals surface area (Å²) in [6, 6.07) is 11.6. The predicted octanol–water partition coefficient (Wildman–Crippen LogP) is 3.22. The van der Waals surface area contributed by atoms with Crippen molar-refractivity contribution in [3.8, 4) is 5.75 Å². The average molecular weight is 246 g/mol. The predicted molar refractivity (Wildman–Crippen MR) is 68.2 cm³/mol. The van der Waals surface area contributed by atoms with E-state index in [0.29, 0.717) is 16.9 Å². The van der Waals surface area contributed by atoms with Crippen molar-refractivity contribution >= 4 is 0 Å². The number of hydrogen-bond acceptors (Lipinski definition) is 2. The fourth-order valence-corrected chi connectivity index (χ4v) is 1.84. The van der Waals surface area contributed by atoms with Gasteiger partial charge in [0.1, 0.15) is 17.7 Å². The summed E-state index contributed by atoms with van der Waals surface area (Å²) in [7, 11) is 1.58. The monoisotopic (exact) mass is 246 g/mol. The number of rotatable bonds is 3. The van der Waals surface area contributed by atoms with Crippen LogP contribution in [-0.2, 0) is 0 Å². The van der Waals surface area contributed by atoms with E-state index in [1.54, 1.807) is 43.5 Å². The zero-order valence-corrected chi connectivity index (χ0v) is 10.4. The van der Waals surface area contributed by atoms with Crippen molar-refractivity contribution in [2.24, 2.45) is 0 Å². The maximum absolute atomic E-state index is 13.7. The van der Waals surface area contributed by atoms with Gasteiger partial charge >= 0.3 is 0 Å². The van der Waals surface area contributed by atoms with Gasteiger partial charge in [0.05, 0.1) is 7.11 Å². The van der Waals surface area contributed by atoms with Crippen LogP contribution in [0.15, 0.2) is 42.5 Å². The molecule has 0 bridgehead atoms. The first-order valence-corrected chi connectivity index (χ1v) is 5.70. The Hall–Kier alpha value is -1.87. The normalized spacial score (nSPS) is 12.2. The van der Waals surface area contributed by atoms with Gasteiger partial charge in [0.25, 0.3) is 0 Å². The van der Waals surface area contributed by atoms with E-state index in [1.807, 2.05) is 6.92 Å². The number of benzene rings is 2. The van der Waals surface area contributed by atoms with Gasteiger partial charge in [0.2, 0.25) is 0 Å². The Kier molecular flexibility index (Phi) is 3.63. The molecule has 0 saturated carbocycles. The quantitative estimate of drug-likeness (QED) is 0.901. The molecule has 3 heteroatoms. The summed E-state index contributed by atoms with van der Waals surface area (Å²) >= 11 is 0. The summed E-state index contributed by atoms with van der Waals surface area (Å²) in [5, 5.41) is 10.2. The minimum atomic E-state index is -0.962. The third-order valence-corrected chi connectivity index (χ3v) is 2.88. The highest BCUT2D eigenvalue weighted by Crippen LogP contribution is 2.26. The molecule has 94 valence electrons. The Morgan fingerprint density at radius 1 is 1.11 bits per heavy atom. The number of aliphatic hydroxyl groups is 1. The fourth-order valence-electron chi connectivity index (χ4n) is 1.84. The van der Waals surface area contributed by atoms with Crippen molar-refractivity contribution in [3.05, 3.63) is 65.0 Å². The Balaban J connectivity index is 2.34. The minimum absolute atomic E-state index is 0.292. The third-order valence-electron chi connectivity index (χ3n) is 2.88. The van der Waals surface area contributed by atoms with Gasteiger partial charge in [0.15, 0.2) is 0 Å². The van der Waals surface area contributed by atoms with Gasteiger partial charge in [-0.15, -0.1) is 0 Å². The summed E-state index contributed by atoms with van der Waals surface area (Å²) in [6.07, 6.45) is -0.962. The Bertz CT molecular complexity index is 535. The Labute approximate surface area is 106 Å². The van der Waals surface area contributed by atoms with Gasteiger partial charge in [-0.05, 0) is 30.7 Å². The number of aryl methyl sites for hydroxylation is 1. The third kappa shape index (κ3) is 2.51. The Morgan fingerprint density at radius 2 is 1.78 bits per heavy atom. The van der Waals surface area contributed by atoms with E-state index in [0.717, 1.165) is 5.56 Å². The van der Waals surface area contributed by atoms with Gasteiger partial charge in [-0.1, -0.05) is 29.8 Å². The molecule has 1 N–H and O–H groups in total. The smallest absolute Gasteiger partial charge is 0.129 e. The lowest BCUT2D eigenvalue weighted by molar-refractivity contribution is 0.215. The number of halogens is 1. The van der Waals surface area contributed by atoms with Crippen LogP contribution in [0.1, 0.15) is 22.8 Å². The highest BCUT2D eigenvalue weighted by molar-refractivity contribution is 5.36. The second-order valence-corrected chi connectivity index (χ2v) is 4.20. The van der Waals surface area contributed by atoms with Gasteiger partial charge in [-0.3, -0.25) is 0 Å². The first-order chi connectivity index (χ1) is 8.61. The zero-order chi connectivity index (χ0) is 13.1. The molecule has 0 fully saturated rings. The topological polar surface area (TPSA) is 29.5 Å². The van der Waals surface area contributed by atoms with Crippen molar-refractivity contribution in [1.29, 1.82) is 0 Å². The Morgan fingerprint density at radius 3 is 2.39 bits per heavy atom. The molecule has 0 aliphatic rings. The highest BCUT2D eigenvalue weighted by atomic mass is 19.1. The molecule has 0 aliphatic heterocycles. The van der Waals surface area contributed by atoms with Crippen molar-refractivity contribution in [3.63, 3.8) is 0 Å². The van der Waals surface area contributed by atoms with E-state index < -0.39 is 11.9 Å². The van der Waals surface area contributed by atoms with Gasteiger partial charge in [-0.25, -0.2) is 4.39 Å². The van der Waals surface area contributed by atoms with Crippen molar-refractivity contribution < 1.29 is 14.2 Å². The molecule has 0 amide bonds. The lowest BCUT2D eigenvalue weighted by Crippen LogP contribution is -2.03. The summed E-state index contributed by atoms with van der Waals surface area (Å²) in [6.45, 7) is 1.86. The second kappa shape index (κ2) is 5.19. The van der Waals surface area contributed by atoms with Crippen LogP contribution in [0, 0.1) is 12.7 Å². The SMILES string of the molecule is COc1ccc(C(O)c2cc(C)ccc2F)cc1. The molecule has 2 rings (SSSR count). The van der Waals surface area contributed by atoms with Crippen LogP contribution in [0.2, 0.25) is 0 Å². The molecule has 2 nitrogen and oxygen atoms in total. The number of ether oxygens (including phenoxy) is 1. The number of hydrogen-bond donors (Lipinski definition) is 1. The lowest BCUT2D eigenvalue weighted by Gasteiger charge is -2.13. The summed E-state index contributed by atoms with van der Waals surface area (Å²) in [5.41, 5.74) is 1.85. The molecule has 0 saturated heterocycles. The molecule has 0 radical (unpaired) electrons. The van der Waals surface area contributed by atoms with Crippen LogP contribution >= 0.6 is 0 Å². The molecule has 1 unspecified atom stereocenters. The van der Waals surface area contributed by atoms with Crippen LogP contribution < -0.4 is 4.74 Å². The number of methoxy groups -OCH3 is 1. The van der Waals surface area contributed by atoms with E-state index in [2.05, 4.69) is 0 Å². The zero-order valence-electron chi connectivity index (χ0n) is 10.4. The molecule has 1 atom stereocenters. The van der Waals surface area contributed by atoms with Crippen molar-refractivity contribution in [1.82, 2.24) is 0 Å². The minimum Gasteiger partial charge on any atom is -0.497 e. The molecule has 2 aromatic rings. The summed E-state index contributed by atoms with van der Waals surface area (Å²) in [4.78, 5) is 0. The molecule has 0 aliphatic carbocycles. The van der Waals surface area contributed by atoms with Crippen molar-refractivity contribution in [2.75, 3.05) is 7.11 Å². The van der Waals surface area contributed by atoms with Crippen LogP contribution in [0.4, 0.5) is 4.39 Å². The van der Waals surface area contributed by atoms with E-state index in [9.17, 15) is 9.50 Å². The van der Waals surface area contributed by atoms with Crippen LogP contribution in [-0.4, -0.2) is 12.2 Å².